The Hall–Kier alpha value is -4.29. The van der Waals surface area contributed by atoms with E-state index in [0.29, 0.717) is 23.8 Å². The third-order valence-electron chi connectivity index (χ3n) is 7.82. The number of fused-ring (bicyclic) bond motifs is 1. The number of amides is 1. The molecule has 1 amide bonds. The molecule has 1 fully saturated rings. The van der Waals surface area contributed by atoms with E-state index in [9.17, 15) is 18.0 Å². The minimum Gasteiger partial charge on any atom is -0.373 e. The molecule has 45 heavy (non-hydrogen) atoms. The van der Waals surface area contributed by atoms with Crippen LogP contribution in [0.3, 0.4) is 0 Å². The maximum absolute atomic E-state index is 14.3. The Morgan fingerprint density at radius 3 is 2.44 bits per heavy atom. The van der Waals surface area contributed by atoms with Gasteiger partial charge in [-0.1, -0.05) is 38.1 Å². The molecule has 4 heterocycles. The highest BCUT2D eigenvalue weighted by molar-refractivity contribution is 6.10. The van der Waals surface area contributed by atoms with Gasteiger partial charge in [-0.3, -0.25) is 9.69 Å². The zero-order chi connectivity index (χ0) is 32.1. The van der Waals surface area contributed by atoms with Crippen LogP contribution in [0.1, 0.15) is 60.7 Å². The van der Waals surface area contributed by atoms with Gasteiger partial charge in [-0.15, -0.1) is 10.2 Å². The number of benzene rings is 2. The molecule has 2 N–H and O–H groups in total. The number of alkyl halides is 3. The summed E-state index contributed by atoms with van der Waals surface area (Å²) in [6, 6.07) is 13.9. The predicted octanol–water partition coefficient (Wildman–Crippen LogP) is 6.45. The number of piperidine rings is 1. The number of carbonyl (C=O) groups excluding carboxylic acids is 1. The van der Waals surface area contributed by atoms with Gasteiger partial charge in [-0.05, 0) is 79.4 Å². The molecule has 2 aliphatic rings. The summed E-state index contributed by atoms with van der Waals surface area (Å²) in [5.74, 6) is 0.872. The van der Waals surface area contributed by atoms with Crippen molar-refractivity contribution in [3.63, 3.8) is 0 Å². The van der Waals surface area contributed by atoms with Gasteiger partial charge in [0.15, 0.2) is 5.82 Å². The number of halogens is 3. The number of hydrogen-bond donors (Lipinski definition) is 2. The first-order valence-corrected chi connectivity index (χ1v) is 15.3. The van der Waals surface area contributed by atoms with E-state index in [0.717, 1.165) is 48.7 Å². The summed E-state index contributed by atoms with van der Waals surface area (Å²) in [4.78, 5) is 19.7. The molecule has 2 aromatic heterocycles. The fourth-order valence-corrected chi connectivity index (χ4v) is 5.70. The van der Waals surface area contributed by atoms with Crippen molar-refractivity contribution in [1.82, 2.24) is 25.1 Å². The van der Waals surface area contributed by atoms with Crippen molar-refractivity contribution in [3.05, 3.63) is 77.1 Å². The van der Waals surface area contributed by atoms with Gasteiger partial charge in [0.2, 0.25) is 0 Å². The largest absolute Gasteiger partial charge is 0.416 e. The van der Waals surface area contributed by atoms with Gasteiger partial charge in [0.05, 0.1) is 24.8 Å². The molecule has 1 saturated heterocycles. The highest BCUT2D eigenvalue weighted by Gasteiger charge is 2.41. The van der Waals surface area contributed by atoms with Crippen LogP contribution in [0.15, 0.2) is 54.9 Å². The van der Waals surface area contributed by atoms with E-state index in [-0.39, 0.29) is 36.2 Å². The monoisotopic (exact) mass is 621 g/mol. The number of nitrogens with zero attached hydrogens (tertiary/aromatic N) is 5. The molecule has 0 radical (unpaired) electrons. The fourth-order valence-electron chi connectivity index (χ4n) is 5.70. The molecular weight excluding hydrogens is 583 g/mol. The summed E-state index contributed by atoms with van der Waals surface area (Å²) >= 11 is 0. The molecule has 9 nitrogen and oxygen atoms in total. The Morgan fingerprint density at radius 1 is 1.04 bits per heavy atom. The normalized spacial score (nSPS) is 15.1. The second-order valence-electron chi connectivity index (χ2n) is 10.8. The van der Waals surface area contributed by atoms with Gasteiger partial charge >= 0.3 is 6.18 Å². The smallest absolute Gasteiger partial charge is 0.373 e. The molecule has 2 aliphatic heterocycles. The van der Waals surface area contributed by atoms with Crippen molar-refractivity contribution in [3.8, 4) is 22.5 Å². The Balaban J connectivity index is 0.00000196. The minimum absolute atomic E-state index is 0.00540. The molecule has 0 atom stereocenters. The summed E-state index contributed by atoms with van der Waals surface area (Å²) in [7, 11) is 1.85. The fraction of sp³-hybridized carbons (Fsp3) is 0.394. The van der Waals surface area contributed by atoms with Gasteiger partial charge < -0.3 is 19.9 Å². The van der Waals surface area contributed by atoms with Crippen molar-refractivity contribution in [1.29, 1.82) is 0 Å². The van der Waals surface area contributed by atoms with E-state index in [4.69, 9.17) is 4.74 Å². The van der Waals surface area contributed by atoms with Crippen LogP contribution in [0.5, 0.6) is 0 Å². The summed E-state index contributed by atoms with van der Waals surface area (Å²) in [6.07, 6.45) is -1.47. The zero-order valence-electron chi connectivity index (χ0n) is 25.9. The zero-order valence-corrected chi connectivity index (χ0v) is 25.9. The Bertz CT molecular complexity index is 1650. The molecule has 2 aromatic carbocycles. The van der Waals surface area contributed by atoms with E-state index in [1.54, 1.807) is 17.0 Å². The van der Waals surface area contributed by atoms with Gasteiger partial charge in [-0.2, -0.15) is 13.2 Å². The van der Waals surface area contributed by atoms with Crippen molar-refractivity contribution in [2.75, 3.05) is 29.9 Å². The van der Waals surface area contributed by atoms with Crippen LogP contribution in [-0.2, 0) is 31.1 Å². The molecule has 238 valence electrons. The molecule has 4 aromatic rings. The number of hydrogen-bond acceptors (Lipinski definition) is 7. The maximum atomic E-state index is 14.3. The van der Waals surface area contributed by atoms with Crippen LogP contribution in [0.2, 0.25) is 0 Å². The van der Waals surface area contributed by atoms with Crippen LogP contribution < -0.4 is 15.5 Å². The summed E-state index contributed by atoms with van der Waals surface area (Å²) in [5.41, 5.74) is 1.84. The number of anilines is 2. The molecule has 6 rings (SSSR count). The first kappa shape index (κ1) is 32.1. The Morgan fingerprint density at radius 2 is 1.78 bits per heavy atom. The lowest BCUT2D eigenvalue weighted by molar-refractivity contribution is -0.138. The van der Waals surface area contributed by atoms with E-state index < -0.39 is 17.6 Å². The molecule has 0 spiro atoms. The van der Waals surface area contributed by atoms with Gasteiger partial charge in [0, 0.05) is 24.7 Å². The summed E-state index contributed by atoms with van der Waals surface area (Å²) in [5, 5.41) is 14.7. The lowest BCUT2D eigenvalue weighted by Crippen LogP contribution is -2.32. The standard InChI is InChI=1S/C31H32F3N7O2.C2H6/c1-3-36-27-14-20(22-6-4-5-7-23(22)29-39-37-18-40(29)2)15-28(38-27)41-16-25-24(30(41)42)12-19(13-26(25)31(32,33)34)17-43-21-8-10-35-11-9-21;1-2/h4-7,12-15,18,21,35H,3,8-11,16-17H2,1-2H3,(H,36,38);1-2H3. The SMILES string of the molecule is CC.CCNc1cc(-c2ccccc2-c2nncn2C)cc(N2Cc3c(cc(COC4CCNCC4)cc3C(F)(F)F)C2=O)n1. The van der Waals surface area contributed by atoms with Crippen LogP contribution in [-0.4, -0.2) is 51.4 Å². The number of aryl methyl sites for hydroxylation is 1. The Kier molecular flexibility index (Phi) is 9.83. The number of aromatic nitrogens is 4. The van der Waals surface area contributed by atoms with E-state index in [2.05, 4.69) is 25.8 Å². The predicted molar refractivity (Wildman–Crippen MR) is 168 cm³/mol. The third-order valence-corrected chi connectivity index (χ3v) is 7.82. The lowest BCUT2D eigenvalue weighted by atomic mass is 9.99. The van der Waals surface area contributed by atoms with E-state index in [1.807, 2.05) is 58.2 Å². The number of nitrogens with one attached hydrogen (secondary N) is 2. The van der Waals surface area contributed by atoms with Gasteiger partial charge in [0.1, 0.15) is 18.0 Å². The van der Waals surface area contributed by atoms with Crippen LogP contribution in [0.25, 0.3) is 22.5 Å². The van der Waals surface area contributed by atoms with Gasteiger partial charge in [-0.25, -0.2) is 4.98 Å². The summed E-state index contributed by atoms with van der Waals surface area (Å²) < 4.78 is 50.7. The molecule has 0 bridgehead atoms. The van der Waals surface area contributed by atoms with Crippen molar-refractivity contribution >= 4 is 17.5 Å². The second kappa shape index (κ2) is 13.8. The van der Waals surface area contributed by atoms with Crippen LogP contribution >= 0.6 is 0 Å². The van der Waals surface area contributed by atoms with Crippen molar-refractivity contribution in [2.45, 2.75) is 59.0 Å². The number of carbonyl (C=O) groups is 1. The number of ether oxygens (including phenoxy) is 1. The van der Waals surface area contributed by atoms with E-state index >= 15 is 0 Å². The van der Waals surface area contributed by atoms with Crippen molar-refractivity contribution < 1.29 is 22.7 Å². The topological polar surface area (TPSA) is 97.2 Å². The molecular formula is C33H38F3N7O2. The average molecular weight is 622 g/mol. The highest BCUT2D eigenvalue weighted by atomic mass is 19.4. The minimum atomic E-state index is -4.63. The Labute approximate surface area is 260 Å². The lowest BCUT2D eigenvalue weighted by Gasteiger charge is -2.23. The summed E-state index contributed by atoms with van der Waals surface area (Å²) in [6.45, 7) is 7.85. The molecule has 0 saturated carbocycles. The second-order valence-corrected chi connectivity index (χ2v) is 10.8. The van der Waals surface area contributed by atoms with Gasteiger partial charge in [0.25, 0.3) is 5.91 Å². The quantitative estimate of drug-likeness (QED) is 0.233. The molecule has 0 unspecified atom stereocenters. The maximum Gasteiger partial charge on any atom is 0.416 e. The number of rotatable bonds is 8. The first-order chi connectivity index (χ1) is 21.7. The van der Waals surface area contributed by atoms with Crippen molar-refractivity contribution in [2.24, 2.45) is 7.05 Å². The number of pyridine rings is 1. The first-order valence-electron chi connectivity index (χ1n) is 15.3. The highest BCUT2D eigenvalue weighted by Crippen LogP contribution is 2.41. The van der Waals surface area contributed by atoms with Crippen LogP contribution in [0, 0.1) is 0 Å². The third kappa shape index (κ3) is 6.86. The van der Waals surface area contributed by atoms with E-state index in [1.165, 1.54) is 11.0 Å². The molecule has 0 aliphatic carbocycles. The molecule has 12 heteroatoms. The van der Waals surface area contributed by atoms with Crippen LogP contribution in [0.4, 0.5) is 24.8 Å². The average Bonchev–Trinajstić information content (AvgIpc) is 3.63.